The number of hydrogen-bond acceptors (Lipinski definition) is 2. The van der Waals surface area contributed by atoms with Crippen molar-refractivity contribution in [2.75, 3.05) is 0 Å². The molecule has 0 radical (unpaired) electrons. The van der Waals surface area contributed by atoms with Crippen LogP contribution in [-0.2, 0) is 5.41 Å². The second kappa shape index (κ2) is 4.78. The van der Waals surface area contributed by atoms with E-state index in [0.29, 0.717) is 17.1 Å². The van der Waals surface area contributed by atoms with Gasteiger partial charge in [-0.2, -0.15) is 0 Å². The second-order valence-corrected chi connectivity index (χ2v) is 5.82. The van der Waals surface area contributed by atoms with Gasteiger partial charge in [-0.3, -0.25) is 4.79 Å². The van der Waals surface area contributed by atoms with Gasteiger partial charge in [0.05, 0.1) is 5.69 Å². The van der Waals surface area contributed by atoms with Crippen molar-refractivity contribution in [1.82, 2.24) is 9.97 Å². The van der Waals surface area contributed by atoms with Gasteiger partial charge >= 0.3 is 0 Å². The lowest BCUT2D eigenvalue weighted by Gasteiger charge is -2.17. The van der Waals surface area contributed by atoms with Crippen LogP contribution in [0.2, 0.25) is 5.02 Å². The van der Waals surface area contributed by atoms with Gasteiger partial charge in [0.1, 0.15) is 11.6 Å². The molecule has 0 aliphatic rings. The van der Waals surface area contributed by atoms with Crippen molar-refractivity contribution in [3.63, 3.8) is 0 Å². The Kier molecular flexibility index (Phi) is 3.45. The van der Waals surface area contributed by atoms with Gasteiger partial charge < -0.3 is 4.98 Å². The van der Waals surface area contributed by atoms with Crippen molar-refractivity contribution in [3.8, 4) is 11.4 Å². The van der Waals surface area contributed by atoms with Gasteiger partial charge in [0.25, 0.3) is 5.56 Å². The Morgan fingerprint density at radius 2 is 1.89 bits per heavy atom. The van der Waals surface area contributed by atoms with Gasteiger partial charge in [0, 0.05) is 22.1 Å². The van der Waals surface area contributed by atoms with E-state index < -0.39 is 5.82 Å². The van der Waals surface area contributed by atoms with Crippen LogP contribution in [0.25, 0.3) is 11.4 Å². The molecule has 0 atom stereocenters. The Bertz CT molecular complexity index is 654. The SMILES string of the molecule is CC(C)(C)c1cc(=O)[nH]c(-c2cc(F)cc(Cl)c2)n1. The summed E-state index contributed by atoms with van der Waals surface area (Å²) >= 11 is 5.81. The third-order valence-electron chi connectivity index (χ3n) is 2.65. The van der Waals surface area contributed by atoms with E-state index in [0.717, 1.165) is 0 Å². The fourth-order valence-electron chi connectivity index (χ4n) is 1.67. The molecule has 0 saturated heterocycles. The summed E-state index contributed by atoms with van der Waals surface area (Å²) in [4.78, 5) is 18.7. The smallest absolute Gasteiger partial charge is 0.251 e. The molecule has 0 aliphatic heterocycles. The molecule has 100 valence electrons. The molecule has 0 amide bonds. The zero-order valence-electron chi connectivity index (χ0n) is 10.9. The molecule has 5 heteroatoms. The minimum Gasteiger partial charge on any atom is -0.307 e. The first kappa shape index (κ1) is 13.7. The highest BCUT2D eigenvalue weighted by Gasteiger charge is 2.17. The Labute approximate surface area is 115 Å². The van der Waals surface area contributed by atoms with E-state index in [4.69, 9.17) is 11.6 Å². The lowest BCUT2D eigenvalue weighted by molar-refractivity contribution is 0.566. The number of H-pyrrole nitrogens is 1. The molecule has 0 saturated carbocycles. The van der Waals surface area contributed by atoms with Crippen LogP contribution in [0.5, 0.6) is 0 Å². The third-order valence-corrected chi connectivity index (χ3v) is 2.86. The Morgan fingerprint density at radius 1 is 1.21 bits per heavy atom. The van der Waals surface area contributed by atoms with E-state index >= 15 is 0 Å². The minimum atomic E-state index is -0.466. The van der Waals surface area contributed by atoms with Crippen molar-refractivity contribution in [1.29, 1.82) is 0 Å². The molecule has 1 N–H and O–H groups in total. The number of rotatable bonds is 1. The van der Waals surface area contributed by atoms with Gasteiger partial charge in [-0.15, -0.1) is 0 Å². The van der Waals surface area contributed by atoms with Gasteiger partial charge in [-0.25, -0.2) is 9.37 Å². The van der Waals surface area contributed by atoms with Crippen molar-refractivity contribution in [3.05, 3.63) is 51.2 Å². The molecule has 0 aliphatic carbocycles. The van der Waals surface area contributed by atoms with E-state index in [2.05, 4.69) is 9.97 Å². The van der Waals surface area contributed by atoms with Crippen LogP contribution in [0.1, 0.15) is 26.5 Å². The van der Waals surface area contributed by atoms with Crippen LogP contribution in [-0.4, -0.2) is 9.97 Å². The maximum Gasteiger partial charge on any atom is 0.251 e. The van der Waals surface area contributed by atoms with Gasteiger partial charge in [-0.05, 0) is 18.2 Å². The molecule has 1 aromatic carbocycles. The molecule has 19 heavy (non-hydrogen) atoms. The number of nitrogens with one attached hydrogen (secondary N) is 1. The molecule has 0 spiro atoms. The first-order valence-electron chi connectivity index (χ1n) is 5.84. The number of hydrogen-bond donors (Lipinski definition) is 1. The fourth-order valence-corrected chi connectivity index (χ4v) is 1.89. The van der Waals surface area contributed by atoms with Crippen LogP contribution >= 0.6 is 11.6 Å². The van der Waals surface area contributed by atoms with Gasteiger partial charge in [0.2, 0.25) is 0 Å². The Morgan fingerprint density at radius 3 is 2.47 bits per heavy atom. The molecule has 0 bridgehead atoms. The maximum absolute atomic E-state index is 13.3. The summed E-state index contributed by atoms with van der Waals surface area (Å²) in [6, 6.07) is 5.51. The van der Waals surface area contributed by atoms with Crippen LogP contribution in [0.15, 0.2) is 29.1 Å². The molecule has 3 nitrogen and oxygen atoms in total. The van der Waals surface area contributed by atoms with Crippen LogP contribution < -0.4 is 5.56 Å². The van der Waals surface area contributed by atoms with E-state index in [9.17, 15) is 9.18 Å². The van der Waals surface area contributed by atoms with Crippen molar-refractivity contribution in [2.24, 2.45) is 0 Å². The summed E-state index contributed by atoms with van der Waals surface area (Å²) in [5.41, 5.74) is 0.565. The summed E-state index contributed by atoms with van der Waals surface area (Å²) in [5, 5.41) is 0.263. The topological polar surface area (TPSA) is 45.8 Å². The van der Waals surface area contributed by atoms with E-state index in [1.807, 2.05) is 20.8 Å². The molecule has 2 rings (SSSR count). The molecule has 0 unspecified atom stereocenters. The number of aromatic nitrogens is 2. The monoisotopic (exact) mass is 280 g/mol. The van der Waals surface area contributed by atoms with Gasteiger partial charge in [-0.1, -0.05) is 32.4 Å². The van der Waals surface area contributed by atoms with Crippen LogP contribution in [0.3, 0.4) is 0 Å². The van der Waals surface area contributed by atoms with E-state index in [-0.39, 0.29) is 16.0 Å². The lowest BCUT2D eigenvalue weighted by atomic mass is 9.92. The molecule has 1 heterocycles. The summed E-state index contributed by atoms with van der Waals surface area (Å²) < 4.78 is 13.3. The first-order chi connectivity index (χ1) is 8.75. The predicted octanol–water partition coefficient (Wildman–Crippen LogP) is 3.53. The quantitative estimate of drug-likeness (QED) is 0.868. The zero-order valence-corrected chi connectivity index (χ0v) is 11.7. The second-order valence-electron chi connectivity index (χ2n) is 5.39. The lowest BCUT2D eigenvalue weighted by Crippen LogP contribution is -2.19. The highest BCUT2D eigenvalue weighted by molar-refractivity contribution is 6.30. The fraction of sp³-hybridized carbons (Fsp3) is 0.286. The molecule has 2 aromatic rings. The average molecular weight is 281 g/mol. The highest BCUT2D eigenvalue weighted by atomic mass is 35.5. The first-order valence-corrected chi connectivity index (χ1v) is 6.22. The number of nitrogens with zero attached hydrogens (tertiary/aromatic N) is 1. The number of halogens is 2. The molecular weight excluding hydrogens is 267 g/mol. The Balaban J connectivity index is 2.63. The average Bonchev–Trinajstić information content (AvgIpc) is 2.25. The summed E-state index contributed by atoms with van der Waals surface area (Å²) in [5.74, 6) is -0.148. The Hall–Kier alpha value is -1.68. The van der Waals surface area contributed by atoms with Crippen LogP contribution in [0.4, 0.5) is 4.39 Å². The predicted molar refractivity (Wildman–Crippen MR) is 74.0 cm³/mol. The maximum atomic E-state index is 13.3. The highest BCUT2D eigenvalue weighted by Crippen LogP contribution is 2.24. The molecule has 0 fully saturated rings. The van der Waals surface area contributed by atoms with Crippen LogP contribution in [0, 0.1) is 5.82 Å². The summed E-state index contributed by atoms with van der Waals surface area (Å²) in [7, 11) is 0. The minimum absolute atomic E-state index is 0.263. The normalized spacial score (nSPS) is 11.6. The zero-order chi connectivity index (χ0) is 14.2. The molecule has 1 aromatic heterocycles. The summed E-state index contributed by atoms with van der Waals surface area (Å²) in [6.45, 7) is 5.87. The standard InChI is InChI=1S/C14H14ClFN2O/c1-14(2,3)11-7-12(19)18-13(17-11)8-4-9(15)6-10(16)5-8/h4-7H,1-3H3,(H,17,18,19). The van der Waals surface area contributed by atoms with E-state index in [1.165, 1.54) is 18.2 Å². The number of aromatic amines is 1. The van der Waals surface area contributed by atoms with E-state index in [1.54, 1.807) is 6.07 Å². The molecular formula is C14H14ClFN2O. The number of benzene rings is 1. The summed E-state index contributed by atoms with van der Waals surface area (Å²) in [6.07, 6.45) is 0. The van der Waals surface area contributed by atoms with Gasteiger partial charge in [0.15, 0.2) is 0 Å². The van der Waals surface area contributed by atoms with Crippen molar-refractivity contribution < 1.29 is 4.39 Å². The van der Waals surface area contributed by atoms with Crippen molar-refractivity contribution in [2.45, 2.75) is 26.2 Å². The van der Waals surface area contributed by atoms with Crippen molar-refractivity contribution >= 4 is 11.6 Å². The third kappa shape index (κ3) is 3.20. The largest absolute Gasteiger partial charge is 0.307 e.